The van der Waals surface area contributed by atoms with Crippen LogP contribution in [0.4, 0.5) is 0 Å². The number of fused-ring (bicyclic) bond motifs is 1. The number of nitrogens with zero attached hydrogens (tertiary/aromatic N) is 5. The number of allylic oxidation sites excluding steroid dienone is 1. The van der Waals surface area contributed by atoms with Gasteiger partial charge in [0.05, 0.1) is 6.33 Å². The van der Waals surface area contributed by atoms with Crippen molar-refractivity contribution in [2.45, 2.75) is 50.1 Å². The molecular weight excluding hydrogens is 326 g/mol. The Morgan fingerprint density at radius 1 is 1.29 bits per heavy atom. The van der Waals surface area contributed by atoms with Gasteiger partial charge in [-0.1, -0.05) is 12.8 Å². The van der Waals surface area contributed by atoms with Gasteiger partial charge < -0.3 is 9.67 Å². The average molecular weight is 346 g/mol. The van der Waals surface area contributed by atoms with Crippen molar-refractivity contribution < 1.29 is 5.11 Å². The summed E-state index contributed by atoms with van der Waals surface area (Å²) in [5.74, 6) is 0. The van der Waals surface area contributed by atoms with Crippen molar-refractivity contribution in [3.8, 4) is 0 Å². The standard InChI is InChI=1S/C17H20ClN5O/c18-16-21-14(17(8-4-10-24)7-3-9-20-17)13-15(22-16)23(11-19-13)12-5-1-2-6-12/h3,7,9,11-12,24H,1-2,4-6,8,10H2. The van der Waals surface area contributed by atoms with Crippen LogP contribution in [0, 0.1) is 0 Å². The Morgan fingerprint density at radius 3 is 2.83 bits per heavy atom. The molecule has 0 radical (unpaired) electrons. The first-order valence-electron chi connectivity index (χ1n) is 8.48. The van der Waals surface area contributed by atoms with E-state index in [0.717, 1.165) is 29.7 Å². The molecule has 2 aromatic rings. The predicted octanol–water partition coefficient (Wildman–Crippen LogP) is 3.20. The van der Waals surface area contributed by atoms with E-state index in [1.54, 1.807) is 6.21 Å². The van der Waals surface area contributed by atoms with Gasteiger partial charge in [0.2, 0.25) is 5.28 Å². The number of aliphatic imine (C=N–C) groups is 1. The van der Waals surface area contributed by atoms with Gasteiger partial charge in [0.15, 0.2) is 5.65 Å². The van der Waals surface area contributed by atoms with Gasteiger partial charge in [-0.3, -0.25) is 4.99 Å². The second-order valence-electron chi connectivity index (χ2n) is 6.49. The Bertz CT molecular complexity index is 795. The number of imidazole rings is 1. The van der Waals surface area contributed by atoms with E-state index in [1.165, 1.54) is 12.8 Å². The highest BCUT2D eigenvalue weighted by Gasteiger charge is 2.35. The molecule has 1 unspecified atom stereocenters. The molecule has 0 saturated heterocycles. The Hall–Kier alpha value is -1.79. The van der Waals surface area contributed by atoms with Crippen molar-refractivity contribution >= 4 is 29.0 Å². The molecule has 1 atom stereocenters. The lowest BCUT2D eigenvalue weighted by Gasteiger charge is -2.24. The highest BCUT2D eigenvalue weighted by atomic mass is 35.5. The summed E-state index contributed by atoms with van der Waals surface area (Å²) in [5.41, 5.74) is 1.67. The lowest BCUT2D eigenvalue weighted by atomic mass is 9.90. The van der Waals surface area contributed by atoms with Gasteiger partial charge in [0, 0.05) is 18.9 Å². The summed E-state index contributed by atoms with van der Waals surface area (Å²) in [6, 6.07) is 0.435. The number of hydrogen-bond acceptors (Lipinski definition) is 5. The Balaban J connectivity index is 1.86. The smallest absolute Gasteiger partial charge is 0.224 e. The third kappa shape index (κ3) is 2.54. The molecule has 3 heterocycles. The second kappa shape index (κ2) is 6.26. The molecule has 126 valence electrons. The van der Waals surface area contributed by atoms with Crippen LogP contribution >= 0.6 is 11.6 Å². The third-order valence-corrected chi connectivity index (χ3v) is 5.17. The summed E-state index contributed by atoms with van der Waals surface area (Å²) in [6.45, 7) is 0.115. The zero-order valence-electron chi connectivity index (χ0n) is 13.4. The zero-order valence-corrected chi connectivity index (χ0v) is 14.2. The van der Waals surface area contributed by atoms with E-state index in [0.29, 0.717) is 18.9 Å². The second-order valence-corrected chi connectivity index (χ2v) is 6.83. The molecule has 4 rings (SSSR count). The molecule has 7 heteroatoms. The molecule has 1 saturated carbocycles. The first-order valence-corrected chi connectivity index (χ1v) is 8.86. The molecule has 0 amide bonds. The first kappa shape index (κ1) is 15.7. The topological polar surface area (TPSA) is 76.2 Å². The van der Waals surface area contributed by atoms with Crippen LogP contribution in [0.25, 0.3) is 11.2 Å². The minimum absolute atomic E-state index is 0.115. The molecule has 6 nitrogen and oxygen atoms in total. The molecular formula is C17H20ClN5O. The Morgan fingerprint density at radius 2 is 2.12 bits per heavy atom. The fourth-order valence-corrected chi connectivity index (χ4v) is 3.98. The maximum Gasteiger partial charge on any atom is 0.224 e. The van der Waals surface area contributed by atoms with E-state index in [4.69, 9.17) is 11.6 Å². The van der Waals surface area contributed by atoms with Gasteiger partial charge in [0.1, 0.15) is 16.7 Å². The number of aliphatic hydroxyl groups excluding tert-OH is 1. The summed E-state index contributed by atoms with van der Waals surface area (Å²) in [7, 11) is 0. The summed E-state index contributed by atoms with van der Waals surface area (Å²) < 4.78 is 2.14. The fourth-order valence-electron chi connectivity index (χ4n) is 3.82. The van der Waals surface area contributed by atoms with Crippen LogP contribution in [-0.2, 0) is 5.54 Å². The molecule has 1 N–H and O–H groups in total. The summed E-state index contributed by atoms with van der Waals surface area (Å²) in [6.07, 6.45) is 13.6. The average Bonchev–Trinajstić information content (AvgIpc) is 3.32. The number of rotatable bonds is 5. The van der Waals surface area contributed by atoms with Crippen LogP contribution in [0.3, 0.4) is 0 Å². The van der Waals surface area contributed by atoms with E-state index in [-0.39, 0.29) is 11.9 Å². The lowest BCUT2D eigenvalue weighted by molar-refractivity contribution is 0.272. The highest BCUT2D eigenvalue weighted by Crippen LogP contribution is 2.39. The minimum atomic E-state index is -0.609. The predicted molar refractivity (Wildman–Crippen MR) is 93.5 cm³/mol. The summed E-state index contributed by atoms with van der Waals surface area (Å²) in [5, 5.41) is 9.47. The van der Waals surface area contributed by atoms with E-state index in [9.17, 15) is 5.11 Å². The lowest BCUT2D eigenvalue weighted by Crippen LogP contribution is -2.22. The highest BCUT2D eigenvalue weighted by molar-refractivity contribution is 6.28. The van der Waals surface area contributed by atoms with E-state index in [2.05, 4.69) is 24.5 Å². The van der Waals surface area contributed by atoms with Crippen LogP contribution < -0.4 is 0 Å². The monoisotopic (exact) mass is 345 g/mol. The Kier molecular flexibility index (Phi) is 4.10. The van der Waals surface area contributed by atoms with Crippen LogP contribution in [-0.4, -0.2) is 37.4 Å². The number of hydrogen-bond donors (Lipinski definition) is 1. The van der Waals surface area contributed by atoms with E-state index < -0.39 is 5.54 Å². The Labute approximate surface area is 145 Å². The number of halogens is 1. The summed E-state index contributed by atoms with van der Waals surface area (Å²) in [4.78, 5) is 18.2. The van der Waals surface area contributed by atoms with Crippen molar-refractivity contribution in [1.29, 1.82) is 0 Å². The maximum absolute atomic E-state index is 9.25. The van der Waals surface area contributed by atoms with E-state index >= 15 is 0 Å². The van der Waals surface area contributed by atoms with Gasteiger partial charge in [-0.05, 0) is 49.4 Å². The SMILES string of the molecule is OCCCC1(c2nc(Cl)nc3c2ncn3C2CCCC2)C=CC=N1. The largest absolute Gasteiger partial charge is 0.396 e. The van der Waals surface area contributed by atoms with Crippen molar-refractivity contribution in [2.75, 3.05) is 6.61 Å². The van der Waals surface area contributed by atoms with Crippen molar-refractivity contribution in [3.05, 3.63) is 29.5 Å². The molecule has 1 fully saturated rings. The first-order chi connectivity index (χ1) is 11.7. The summed E-state index contributed by atoms with van der Waals surface area (Å²) >= 11 is 6.25. The van der Waals surface area contributed by atoms with E-state index in [1.807, 2.05) is 18.5 Å². The van der Waals surface area contributed by atoms with Crippen LogP contribution in [0.1, 0.15) is 50.3 Å². The van der Waals surface area contributed by atoms with Gasteiger partial charge in [-0.2, -0.15) is 4.98 Å². The molecule has 1 aliphatic carbocycles. The van der Waals surface area contributed by atoms with Crippen molar-refractivity contribution in [2.24, 2.45) is 4.99 Å². The molecule has 0 aromatic carbocycles. The zero-order chi connectivity index (χ0) is 16.6. The normalized spacial score (nSPS) is 23.8. The number of aliphatic hydroxyl groups is 1. The molecule has 0 bridgehead atoms. The minimum Gasteiger partial charge on any atom is -0.396 e. The van der Waals surface area contributed by atoms with Gasteiger partial charge in [-0.25, -0.2) is 9.97 Å². The molecule has 1 aliphatic heterocycles. The van der Waals surface area contributed by atoms with Gasteiger partial charge >= 0.3 is 0 Å². The number of aromatic nitrogens is 4. The maximum atomic E-state index is 9.25. The molecule has 24 heavy (non-hydrogen) atoms. The van der Waals surface area contributed by atoms with Crippen molar-refractivity contribution in [3.63, 3.8) is 0 Å². The van der Waals surface area contributed by atoms with Gasteiger partial charge in [0.25, 0.3) is 0 Å². The van der Waals surface area contributed by atoms with Crippen LogP contribution in [0.15, 0.2) is 23.5 Å². The third-order valence-electron chi connectivity index (χ3n) is 5.00. The fraction of sp³-hybridized carbons (Fsp3) is 0.529. The molecule has 2 aromatic heterocycles. The van der Waals surface area contributed by atoms with Crippen molar-refractivity contribution in [1.82, 2.24) is 19.5 Å². The quantitative estimate of drug-likeness (QED) is 0.844. The van der Waals surface area contributed by atoms with Crippen LogP contribution in [0.5, 0.6) is 0 Å². The molecule has 0 spiro atoms. The van der Waals surface area contributed by atoms with Gasteiger partial charge in [-0.15, -0.1) is 0 Å². The molecule has 2 aliphatic rings. The van der Waals surface area contributed by atoms with Crippen LogP contribution in [0.2, 0.25) is 5.28 Å².